The van der Waals surface area contributed by atoms with Gasteiger partial charge in [0.1, 0.15) is 5.69 Å². The average Bonchev–Trinajstić information content (AvgIpc) is 3.77. The molecule has 0 unspecified atom stereocenters. The number of nitrogens with two attached hydrogens (primary N) is 1. The predicted octanol–water partition coefficient (Wildman–Crippen LogP) is 9.91. The SMILES string of the molecule is C[C@@H](c1ccc(Cl)cc1Cl)n1cnc(-c2ccccc2)c1-c1c(C(=O)Nc2cc(N)ccc2N2CCC(N3CCCOC3=O)CC2)[nH]c2cc(Cl)ccc12. The van der Waals surface area contributed by atoms with Gasteiger partial charge in [0.05, 0.1) is 41.7 Å². The molecule has 13 heteroatoms. The van der Waals surface area contributed by atoms with Crippen LogP contribution in [0, 0.1) is 0 Å². The smallest absolute Gasteiger partial charge is 0.410 e. The van der Waals surface area contributed by atoms with Crippen LogP contribution in [-0.2, 0) is 4.74 Å². The summed E-state index contributed by atoms with van der Waals surface area (Å²) in [5, 5.41) is 5.59. The number of hydrogen-bond acceptors (Lipinski definition) is 6. The highest BCUT2D eigenvalue weighted by Gasteiger charge is 2.32. The highest BCUT2D eigenvalue weighted by molar-refractivity contribution is 6.35. The predicted molar refractivity (Wildman–Crippen MR) is 217 cm³/mol. The maximum Gasteiger partial charge on any atom is 0.410 e. The van der Waals surface area contributed by atoms with E-state index < -0.39 is 0 Å². The third-order valence-corrected chi connectivity index (χ3v) is 11.2. The van der Waals surface area contributed by atoms with Crippen LogP contribution in [0.25, 0.3) is 33.4 Å². The van der Waals surface area contributed by atoms with Gasteiger partial charge in [-0.05, 0) is 74.2 Å². The molecule has 1 atom stereocenters. The van der Waals surface area contributed by atoms with Crippen LogP contribution in [0.5, 0.6) is 0 Å². The summed E-state index contributed by atoms with van der Waals surface area (Å²) in [4.78, 5) is 39.6. The van der Waals surface area contributed by atoms with Crippen LogP contribution in [-0.4, -0.2) is 63.7 Å². The second kappa shape index (κ2) is 14.9. The highest BCUT2D eigenvalue weighted by Crippen LogP contribution is 2.43. The number of anilines is 3. The zero-order valence-electron chi connectivity index (χ0n) is 29.5. The van der Waals surface area contributed by atoms with Gasteiger partial charge in [-0.1, -0.05) is 77.3 Å². The molecule has 0 radical (unpaired) electrons. The number of cyclic esters (lactones) is 1. The lowest BCUT2D eigenvalue weighted by atomic mass is 9.99. The number of benzene rings is 4. The molecule has 54 heavy (non-hydrogen) atoms. The number of H-pyrrole nitrogens is 1. The Morgan fingerprint density at radius 3 is 2.48 bits per heavy atom. The van der Waals surface area contributed by atoms with Crippen molar-refractivity contribution in [3.63, 3.8) is 0 Å². The topological polar surface area (TPSA) is 122 Å². The second-order valence-electron chi connectivity index (χ2n) is 13.7. The molecule has 0 spiro atoms. The number of ether oxygens (including phenoxy) is 1. The van der Waals surface area contributed by atoms with Crippen molar-refractivity contribution in [3.05, 3.63) is 118 Å². The minimum Gasteiger partial charge on any atom is -0.449 e. The molecular weight excluding hydrogens is 745 g/mol. The van der Waals surface area contributed by atoms with Gasteiger partial charge in [-0.25, -0.2) is 9.78 Å². The van der Waals surface area contributed by atoms with Gasteiger partial charge in [0.25, 0.3) is 5.91 Å². The first kappa shape index (κ1) is 35.8. The van der Waals surface area contributed by atoms with Gasteiger partial charge in [-0.15, -0.1) is 0 Å². The van der Waals surface area contributed by atoms with Gasteiger partial charge in [-0.3, -0.25) is 4.79 Å². The van der Waals surface area contributed by atoms with Crippen LogP contribution in [0.4, 0.5) is 21.9 Å². The van der Waals surface area contributed by atoms with Gasteiger partial charge in [0.15, 0.2) is 0 Å². The van der Waals surface area contributed by atoms with Crippen LogP contribution in [0.3, 0.4) is 0 Å². The number of nitrogen functional groups attached to an aromatic ring is 1. The Hall–Kier alpha value is -5.16. The number of nitrogens with zero attached hydrogens (tertiary/aromatic N) is 4. The van der Waals surface area contributed by atoms with Crippen molar-refractivity contribution < 1.29 is 14.3 Å². The Morgan fingerprint density at radius 1 is 0.963 bits per heavy atom. The van der Waals surface area contributed by atoms with Crippen molar-refractivity contribution in [1.82, 2.24) is 19.4 Å². The Morgan fingerprint density at radius 2 is 1.72 bits per heavy atom. The highest BCUT2D eigenvalue weighted by atomic mass is 35.5. The number of rotatable bonds is 8. The molecule has 0 bridgehead atoms. The number of piperidine rings is 1. The molecule has 2 aliphatic heterocycles. The molecule has 0 saturated carbocycles. The Labute approximate surface area is 327 Å². The molecule has 8 rings (SSSR count). The zero-order valence-corrected chi connectivity index (χ0v) is 31.8. The molecular formula is C41H38Cl3N7O3. The normalized spacial score (nSPS) is 15.7. The van der Waals surface area contributed by atoms with Crippen molar-refractivity contribution in [3.8, 4) is 22.5 Å². The molecule has 4 heterocycles. The van der Waals surface area contributed by atoms with Crippen LogP contribution >= 0.6 is 34.8 Å². The lowest BCUT2D eigenvalue weighted by Gasteiger charge is -2.40. The number of imidazole rings is 1. The monoisotopic (exact) mass is 781 g/mol. The summed E-state index contributed by atoms with van der Waals surface area (Å²) in [5.41, 5.74) is 13.1. The van der Waals surface area contributed by atoms with Gasteiger partial charge < -0.3 is 35.1 Å². The summed E-state index contributed by atoms with van der Waals surface area (Å²) < 4.78 is 7.35. The van der Waals surface area contributed by atoms with Crippen molar-refractivity contribution in [2.24, 2.45) is 0 Å². The van der Waals surface area contributed by atoms with Crippen LogP contribution in [0.15, 0.2) is 91.3 Å². The molecule has 0 aliphatic carbocycles. The van der Waals surface area contributed by atoms with Gasteiger partial charge >= 0.3 is 6.09 Å². The van der Waals surface area contributed by atoms with Gasteiger partial charge in [-0.2, -0.15) is 0 Å². The van der Waals surface area contributed by atoms with Crippen molar-refractivity contribution >= 4 is 74.8 Å². The van der Waals surface area contributed by atoms with Crippen molar-refractivity contribution in [1.29, 1.82) is 0 Å². The number of carbonyl (C=O) groups excluding carboxylic acids is 2. The zero-order chi connectivity index (χ0) is 37.5. The number of nitrogens with one attached hydrogen (secondary N) is 2. The Bertz CT molecular complexity index is 2370. The first-order chi connectivity index (χ1) is 26.2. The fourth-order valence-electron chi connectivity index (χ4n) is 7.72. The number of halogens is 3. The number of fused-ring (bicyclic) bond motifs is 1. The maximum atomic E-state index is 14.8. The molecule has 4 aromatic carbocycles. The van der Waals surface area contributed by atoms with E-state index >= 15 is 0 Å². The molecule has 2 amide bonds. The molecule has 2 aromatic heterocycles. The number of amides is 2. The summed E-state index contributed by atoms with van der Waals surface area (Å²) in [6.45, 7) is 4.61. The Balaban J connectivity index is 1.20. The van der Waals surface area contributed by atoms with Crippen molar-refractivity contribution in [2.75, 3.05) is 42.2 Å². The standard InChI is InChI=1S/C41H38Cl3N7O3/c1-24(30-11-8-26(42)20-32(30)44)51-23-46-37(25-6-3-2-4-7-25)39(51)36-31-12-9-27(43)21-33(31)47-38(36)40(52)48-34-22-28(45)10-13-35(34)49-17-14-29(15-18-49)50-16-5-19-54-41(50)53/h2-4,6-13,20-24,29,47H,5,14-19,45H2,1H3,(H,48,52)/t24-/m0/s1. The van der Waals surface area contributed by atoms with E-state index in [-0.39, 0.29) is 24.1 Å². The summed E-state index contributed by atoms with van der Waals surface area (Å²) in [6, 6.07) is 26.2. The van der Waals surface area contributed by atoms with E-state index in [0.29, 0.717) is 75.2 Å². The summed E-state index contributed by atoms with van der Waals surface area (Å²) in [7, 11) is 0. The largest absolute Gasteiger partial charge is 0.449 e. The third-order valence-electron chi connectivity index (χ3n) is 10.4. The van der Waals surface area contributed by atoms with Gasteiger partial charge in [0, 0.05) is 68.5 Å². The van der Waals surface area contributed by atoms with Crippen LogP contribution in [0.2, 0.25) is 15.1 Å². The molecule has 2 saturated heterocycles. The minimum absolute atomic E-state index is 0.107. The molecule has 10 nitrogen and oxygen atoms in total. The quantitative estimate of drug-likeness (QED) is 0.132. The lowest BCUT2D eigenvalue weighted by molar-refractivity contribution is 0.0499. The minimum atomic E-state index is -0.362. The number of aromatic nitrogens is 3. The van der Waals surface area contributed by atoms with E-state index in [1.54, 1.807) is 18.5 Å². The lowest BCUT2D eigenvalue weighted by Crippen LogP contribution is -2.50. The van der Waals surface area contributed by atoms with E-state index in [2.05, 4.69) is 15.2 Å². The maximum absolute atomic E-state index is 14.8. The van der Waals surface area contributed by atoms with Crippen LogP contribution < -0.4 is 16.0 Å². The van der Waals surface area contributed by atoms with E-state index in [9.17, 15) is 9.59 Å². The van der Waals surface area contributed by atoms with E-state index in [0.717, 1.165) is 47.2 Å². The molecule has 6 aromatic rings. The van der Waals surface area contributed by atoms with Crippen molar-refractivity contribution in [2.45, 2.75) is 38.3 Å². The third kappa shape index (κ3) is 6.85. The fraction of sp³-hybridized carbons (Fsp3) is 0.244. The van der Waals surface area contributed by atoms with E-state index in [4.69, 9.17) is 50.3 Å². The average molecular weight is 783 g/mol. The molecule has 276 valence electrons. The second-order valence-corrected chi connectivity index (χ2v) is 15.0. The van der Waals surface area contributed by atoms with E-state index in [1.165, 1.54) is 0 Å². The molecule has 2 fully saturated rings. The Kier molecular flexibility index (Phi) is 9.91. The van der Waals surface area contributed by atoms with E-state index in [1.807, 2.05) is 89.2 Å². The van der Waals surface area contributed by atoms with Crippen LogP contribution in [0.1, 0.15) is 48.3 Å². The first-order valence-corrected chi connectivity index (χ1v) is 19.1. The number of aromatic amines is 1. The number of carbonyl (C=O) groups is 2. The summed E-state index contributed by atoms with van der Waals surface area (Å²) in [6.07, 6.45) is 3.94. The summed E-state index contributed by atoms with van der Waals surface area (Å²) in [5.74, 6) is -0.362. The van der Waals surface area contributed by atoms with Gasteiger partial charge in [0.2, 0.25) is 0 Å². The fourth-order valence-corrected chi connectivity index (χ4v) is 8.46. The summed E-state index contributed by atoms with van der Waals surface area (Å²) >= 11 is 19.6. The molecule has 2 aliphatic rings. The molecule has 4 N–H and O–H groups in total. The first-order valence-electron chi connectivity index (χ1n) is 17.9. The number of hydrogen-bond donors (Lipinski definition) is 3.